The van der Waals surface area contributed by atoms with E-state index in [4.69, 9.17) is 9.47 Å². The molecule has 0 aliphatic rings. The zero-order chi connectivity index (χ0) is 25.8. The van der Waals surface area contributed by atoms with Gasteiger partial charge in [-0.25, -0.2) is 0 Å². The average molecular weight is 486 g/mol. The van der Waals surface area contributed by atoms with E-state index in [-0.39, 0.29) is 11.3 Å². The molecule has 0 amide bonds. The highest BCUT2D eigenvalue weighted by atomic mass is 16.6. The van der Waals surface area contributed by atoms with Crippen LogP contribution in [0, 0.1) is 10.1 Å². The lowest BCUT2D eigenvalue weighted by molar-refractivity contribution is -0.387. The van der Waals surface area contributed by atoms with Crippen molar-refractivity contribution in [3.8, 4) is 11.5 Å². The first-order valence-electron chi connectivity index (χ1n) is 11.3. The van der Waals surface area contributed by atoms with Crippen LogP contribution in [0.2, 0.25) is 0 Å². The van der Waals surface area contributed by atoms with Gasteiger partial charge in [-0.15, -0.1) is 0 Å². The normalized spacial score (nSPS) is 13.0. The van der Waals surface area contributed by atoms with Crippen molar-refractivity contribution >= 4 is 5.69 Å². The Morgan fingerprint density at radius 1 is 0.722 bits per heavy atom. The number of benzene rings is 4. The summed E-state index contributed by atoms with van der Waals surface area (Å²) in [5.41, 5.74) is -2.07. The van der Waals surface area contributed by atoms with Gasteiger partial charge < -0.3 is 19.7 Å². The molecule has 0 aliphatic heterocycles. The Morgan fingerprint density at radius 2 is 1.17 bits per heavy atom. The number of aliphatic hydroxyl groups is 2. The lowest BCUT2D eigenvalue weighted by Crippen LogP contribution is -2.53. The predicted molar refractivity (Wildman–Crippen MR) is 136 cm³/mol. The van der Waals surface area contributed by atoms with Crippen molar-refractivity contribution in [1.82, 2.24) is 0 Å². The van der Waals surface area contributed by atoms with Gasteiger partial charge in [-0.2, -0.15) is 0 Å². The maximum Gasteiger partial charge on any atom is 0.275 e. The summed E-state index contributed by atoms with van der Waals surface area (Å²) in [5, 5.41) is 35.6. The van der Waals surface area contributed by atoms with E-state index >= 15 is 0 Å². The van der Waals surface area contributed by atoms with Gasteiger partial charge in [0.05, 0.1) is 36.7 Å². The molecule has 1 atom stereocenters. The highest BCUT2D eigenvalue weighted by molar-refractivity contribution is 5.60. The van der Waals surface area contributed by atoms with Crippen molar-refractivity contribution in [2.24, 2.45) is 0 Å². The molecule has 36 heavy (non-hydrogen) atoms. The molecule has 7 heteroatoms. The second-order valence-corrected chi connectivity index (χ2v) is 8.37. The van der Waals surface area contributed by atoms with Gasteiger partial charge in [-0.3, -0.25) is 10.1 Å². The first-order valence-corrected chi connectivity index (χ1v) is 11.3. The van der Waals surface area contributed by atoms with Gasteiger partial charge in [0.1, 0.15) is 17.1 Å². The molecule has 0 aliphatic carbocycles. The van der Waals surface area contributed by atoms with Crippen LogP contribution >= 0.6 is 0 Å². The van der Waals surface area contributed by atoms with Crippen LogP contribution in [0.1, 0.15) is 22.3 Å². The molecule has 0 radical (unpaired) electrons. The second kappa shape index (κ2) is 10.2. The molecule has 4 aromatic carbocycles. The Hall–Kier alpha value is -4.20. The highest BCUT2D eigenvalue weighted by Gasteiger charge is 2.57. The molecule has 0 heterocycles. The van der Waals surface area contributed by atoms with Crippen LogP contribution in [-0.4, -0.2) is 36.0 Å². The Bertz CT molecular complexity index is 1270. The molecule has 7 nitrogen and oxygen atoms in total. The molecule has 184 valence electrons. The number of methoxy groups -OCH3 is 2. The molecule has 1 unspecified atom stereocenters. The largest absolute Gasteiger partial charge is 0.497 e. The van der Waals surface area contributed by atoms with Crippen molar-refractivity contribution in [3.63, 3.8) is 0 Å². The fraction of sp³-hybridized carbons (Fsp3) is 0.172. The number of ether oxygens (including phenoxy) is 2. The standard InChI is InChI=1S/C29H27NO6/c1-35-24-16-12-22(13-17-24)29(21-8-4-3-5-9-21,23-14-18-25(36-2)19-15-23)28(32,20-31)26-10-6-7-11-27(26)30(33)34/h3-19,31-32H,20H2,1-2H3. The third kappa shape index (κ3) is 3.98. The van der Waals surface area contributed by atoms with E-state index < -0.39 is 22.5 Å². The van der Waals surface area contributed by atoms with Gasteiger partial charge in [-0.05, 0) is 47.0 Å². The molecule has 0 saturated carbocycles. The van der Waals surface area contributed by atoms with Crippen molar-refractivity contribution in [3.05, 3.63) is 135 Å². The zero-order valence-electron chi connectivity index (χ0n) is 20.0. The van der Waals surface area contributed by atoms with Crippen LogP contribution in [0.15, 0.2) is 103 Å². The molecule has 4 rings (SSSR count). The van der Waals surface area contributed by atoms with E-state index in [1.165, 1.54) is 18.2 Å². The summed E-state index contributed by atoms with van der Waals surface area (Å²) >= 11 is 0. The summed E-state index contributed by atoms with van der Waals surface area (Å²) < 4.78 is 10.7. The lowest BCUT2D eigenvalue weighted by Gasteiger charge is -2.48. The molecule has 2 N–H and O–H groups in total. The predicted octanol–water partition coefficient (Wildman–Crippen LogP) is 4.83. The van der Waals surface area contributed by atoms with Gasteiger partial charge in [0, 0.05) is 6.07 Å². The van der Waals surface area contributed by atoms with E-state index in [1.54, 1.807) is 68.8 Å². The average Bonchev–Trinajstić information content (AvgIpc) is 2.94. The van der Waals surface area contributed by atoms with Gasteiger partial charge in [-0.1, -0.05) is 66.7 Å². The molecular formula is C29H27NO6. The van der Waals surface area contributed by atoms with Crippen molar-refractivity contribution in [2.75, 3.05) is 20.8 Å². The summed E-state index contributed by atoms with van der Waals surface area (Å²) in [4.78, 5) is 11.5. The van der Waals surface area contributed by atoms with Gasteiger partial charge in [0.2, 0.25) is 0 Å². The van der Waals surface area contributed by atoms with E-state index in [2.05, 4.69) is 0 Å². The van der Waals surface area contributed by atoms with Crippen LogP contribution in [0.4, 0.5) is 5.69 Å². The number of hydrogen-bond donors (Lipinski definition) is 2. The molecule has 0 aromatic heterocycles. The highest BCUT2D eigenvalue weighted by Crippen LogP contribution is 2.54. The van der Waals surface area contributed by atoms with Crippen molar-refractivity contribution in [2.45, 2.75) is 11.0 Å². The lowest BCUT2D eigenvalue weighted by atomic mass is 9.57. The molecule has 0 spiro atoms. The molecule has 4 aromatic rings. The zero-order valence-corrected chi connectivity index (χ0v) is 20.0. The summed E-state index contributed by atoms with van der Waals surface area (Å²) in [6.45, 7) is -0.801. The number of aliphatic hydroxyl groups excluding tert-OH is 1. The number of para-hydroxylation sites is 1. The van der Waals surface area contributed by atoms with Crippen LogP contribution in [0.25, 0.3) is 0 Å². The first kappa shape index (κ1) is 24.9. The number of hydrogen-bond acceptors (Lipinski definition) is 6. The Kier molecular flexibility index (Phi) is 7.05. The topological polar surface area (TPSA) is 102 Å². The maximum atomic E-state index is 12.6. The number of nitrogens with zero attached hydrogens (tertiary/aromatic N) is 1. The summed E-state index contributed by atoms with van der Waals surface area (Å²) in [6.07, 6.45) is 0. The molecule has 0 fully saturated rings. The van der Waals surface area contributed by atoms with Crippen molar-refractivity contribution < 1.29 is 24.6 Å². The fourth-order valence-corrected chi connectivity index (χ4v) is 4.97. The third-order valence-electron chi connectivity index (χ3n) is 6.65. The van der Waals surface area contributed by atoms with Crippen LogP contribution < -0.4 is 9.47 Å². The van der Waals surface area contributed by atoms with Crippen LogP contribution in [-0.2, 0) is 11.0 Å². The Morgan fingerprint density at radius 3 is 1.61 bits per heavy atom. The number of rotatable bonds is 9. The fourth-order valence-electron chi connectivity index (χ4n) is 4.97. The van der Waals surface area contributed by atoms with Gasteiger partial charge in [0.25, 0.3) is 5.69 Å². The van der Waals surface area contributed by atoms with Gasteiger partial charge in [0.15, 0.2) is 0 Å². The minimum atomic E-state index is -2.15. The molecule has 0 bridgehead atoms. The number of nitro groups is 1. The second-order valence-electron chi connectivity index (χ2n) is 8.37. The van der Waals surface area contributed by atoms with Crippen LogP contribution in [0.3, 0.4) is 0 Å². The Labute approximate surface area is 209 Å². The molecule has 0 saturated heterocycles. The van der Waals surface area contributed by atoms with Crippen molar-refractivity contribution in [1.29, 1.82) is 0 Å². The monoisotopic (exact) mass is 485 g/mol. The van der Waals surface area contributed by atoms with E-state index in [0.29, 0.717) is 28.2 Å². The van der Waals surface area contributed by atoms with Crippen LogP contribution in [0.5, 0.6) is 11.5 Å². The summed E-state index contributed by atoms with van der Waals surface area (Å²) in [5.74, 6) is 1.21. The quantitative estimate of drug-likeness (QED) is 0.200. The van der Waals surface area contributed by atoms with Gasteiger partial charge >= 0.3 is 0 Å². The van der Waals surface area contributed by atoms with E-state index in [1.807, 2.05) is 30.3 Å². The third-order valence-corrected chi connectivity index (χ3v) is 6.65. The molecular weight excluding hydrogens is 458 g/mol. The minimum Gasteiger partial charge on any atom is -0.497 e. The summed E-state index contributed by atoms with van der Waals surface area (Å²) in [7, 11) is 3.11. The first-order chi connectivity index (χ1) is 17.4. The number of nitro benzene ring substituents is 1. The maximum absolute atomic E-state index is 12.6. The SMILES string of the molecule is COc1ccc(C(c2ccccc2)(c2ccc(OC)cc2)C(O)(CO)c2ccccc2[N+](=O)[O-])cc1. The Balaban J connectivity index is 2.19. The smallest absolute Gasteiger partial charge is 0.275 e. The van der Waals surface area contributed by atoms with E-state index in [0.717, 1.165) is 0 Å². The summed E-state index contributed by atoms with van der Waals surface area (Å²) in [6, 6.07) is 29.4. The minimum absolute atomic E-state index is 0.00649. The van der Waals surface area contributed by atoms with E-state index in [9.17, 15) is 20.3 Å².